The molecule has 3 rings (SSSR count). The lowest BCUT2D eigenvalue weighted by molar-refractivity contribution is 0.712. The Labute approximate surface area is 210 Å². The van der Waals surface area contributed by atoms with Crippen molar-refractivity contribution in [1.82, 2.24) is 15.3 Å². The van der Waals surface area contributed by atoms with Crippen molar-refractivity contribution >= 4 is 83.1 Å². The Balaban J connectivity index is 0.000000248. The van der Waals surface area contributed by atoms with Crippen molar-refractivity contribution in [3.8, 4) is 0 Å². The Kier molecular flexibility index (Phi) is 12.7. The van der Waals surface area contributed by atoms with Gasteiger partial charge in [-0.3, -0.25) is 9.97 Å². The van der Waals surface area contributed by atoms with Crippen molar-refractivity contribution in [3.05, 3.63) is 80.8 Å². The first kappa shape index (κ1) is 25.9. The summed E-state index contributed by atoms with van der Waals surface area (Å²) >= 11 is 30.3. The second kappa shape index (κ2) is 14.7. The van der Waals surface area contributed by atoms with Crippen molar-refractivity contribution in [1.29, 1.82) is 0 Å². The third kappa shape index (κ3) is 9.02. The fraction of sp³-hybridized carbons (Fsp3) is 0.158. The maximum absolute atomic E-state index is 6.03. The molecule has 0 bridgehead atoms. The summed E-state index contributed by atoms with van der Waals surface area (Å²) in [6.07, 6.45) is 5.12. The monoisotopic (exact) mass is 539 g/mol. The molecule has 1 N–H and O–H groups in total. The van der Waals surface area contributed by atoms with E-state index < -0.39 is 0 Å². The Bertz CT molecular complexity index is 831. The van der Waals surface area contributed by atoms with Gasteiger partial charge in [-0.05, 0) is 24.3 Å². The highest BCUT2D eigenvalue weighted by atomic mass is 35.5. The van der Waals surface area contributed by atoms with Gasteiger partial charge in [-0.2, -0.15) is 12.6 Å². The zero-order chi connectivity index (χ0) is 21.8. The quantitative estimate of drug-likeness (QED) is 0.175. The molecule has 0 saturated heterocycles. The Morgan fingerprint density at radius 3 is 1.83 bits per heavy atom. The second-order valence-corrected chi connectivity index (χ2v) is 9.20. The fourth-order valence-electron chi connectivity index (χ4n) is 1.93. The van der Waals surface area contributed by atoms with E-state index in [2.05, 4.69) is 27.9 Å². The summed E-state index contributed by atoms with van der Waals surface area (Å²) in [7, 11) is 0. The van der Waals surface area contributed by atoms with E-state index in [1.54, 1.807) is 55.0 Å². The molecule has 0 aliphatic carbocycles. The average molecular weight is 541 g/mol. The largest absolute Gasteiger partial charge is 0.310 e. The highest BCUT2D eigenvalue weighted by molar-refractivity contribution is 8.08. The predicted octanol–water partition coefficient (Wildman–Crippen LogP) is 7.53. The van der Waals surface area contributed by atoms with Crippen LogP contribution >= 0.6 is 83.1 Å². The number of rotatable bonds is 8. The lowest BCUT2D eigenvalue weighted by Gasteiger charge is -2.07. The summed E-state index contributed by atoms with van der Waals surface area (Å²) in [6.45, 7) is 1.67. The lowest BCUT2D eigenvalue weighted by Crippen LogP contribution is -2.16. The number of benzene rings is 2. The van der Waals surface area contributed by atoms with Crippen molar-refractivity contribution in [2.24, 2.45) is 0 Å². The van der Waals surface area contributed by atoms with E-state index in [4.69, 9.17) is 50.0 Å². The smallest absolute Gasteiger partial charge is 0.0738 e. The van der Waals surface area contributed by atoms with E-state index in [0.29, 0.717) is 29.9 Å². The second-order valence-electron chi connectivity index (χ2n) is 5.43. The molecule has 0 atom stereocenters. The van der Waals surface area contributed by atoms with Crippen LogP contribution in [0.4, 0.5) is 0 Å². The molecule has 0 spiro atoms. The minimum atomic E-state index is 0.531. The van der Waals surface area contributed by atoms with Gasteiger partial charge in [-0.15, -0.1) is 0 Å². The van der Waals surface area contributed by atoms with Gasteiger partial charge in [0.2, 0.25) is 0 Å². The van der Waals surface area contributed by atoms with Gasteiger partial charge in [0.15, 0.2) is 0 Å². The first-order valence-corrected chi connectivity index (χ1v) is 12.1. The molecule has 4 nitrogen and oxygen atoms in total. The van der Waals surface area contributed by atoms with Crippen LogP contribution in [0.25, 0.3) is 0 Å². The highest BCUT2D eigenvalue weighted by Gasteiger charge is 2.11. The van der Waals surface area contributed by atoms with Gasteiger partial charge in [0.05, 0.1) is 35.6 Å². The normalized spacial score (nSPS) is 10.4. The molecule has 2 aromatic carbocycles. The zero-order valence-corrected chi connectivity index (χ0v) is 20.9. The summed E-state index contributed by atoms with van der Waals surface area (Å²) in [5, 5.41) is 5.30. The standard InChI is InChI=1S/C12H6Cl4OS2.C7H11N3S/c13-7-3-1-4-8(14)11(7)18-17-19-12-9(15)5-2-6-10(12)16;11-4-3-9-6-7-5-8-1-2-10-7/h1-6H;1-2,5,9,11H,3-4,6H2. The van der Waals surface area contributed by atoms with Crippen molar-refractivity contribution in [3.63, 3.8) is 0 Å². The minimum absolute atomic E-state index is 0.531. The van der Waals surface area contributed by atoms with Crippen LogP contribution in [0.1, 0.15) is 5.69 Å². The molecule has 1 aromatic heterocycles. The van der Waals surface area contributed by atoms with E-state index >= 15 is 0 Å². The van der Waals surface area contributed by atoms with Crippen LogP contribution in [-0.4, -0.2) is 22.3 Å². The number of halogens is 4. The molecule has 0 saturated carbocycles. The summed E-state index contributed by atoms with van der Waals surface area (Å²) in [6, 6.07) is 10.5. The van der Waals surface area contributed by atoms with E-state index in [0.717, 1.165) is 48.6 Å². The molecule has 0 fully saturated rings. The molecule has 3 aromatic rings. The van der Waals surface area contributed by atoms with E-state index in [1.165, 1.54) is 0 Å². The Hall–Kier alpha value is -0.350. The summed E-state index contributed by atoms with van der Waals surface area (Å²) in [5.74, 6) is 0.847. The predicted molar refractivity (Wildman–Crippen MR) is 133 cm³/mol. The van der Waals surface area contributed by atoms with Crippen LogP contribution < -0.4 is 5.32 Å². The third-order valence-electron chi connectivity index (χ3n) is 3.28. The summed E-state index contributed by atoms with van der Waals surface area (Å²) in [5.41, 5.74) is 0.967. The molecule has 11 heteroatoms. The van der Waals surface area contributed by atoms with E-state index in [1.807, 2.05) is 0 Å². The molecule has 0 radical (unpaired) electrons. The highest BCUT2D eigenvalue weighted by Crippen LogP contribution is 2.41. The molecular formula is C19H17Cl4N3OS3. The topological polar surface area (TPSA) is 47.0 Å². The summed E-state index contributed by atoms with van der Waals surface area (Å²) < 4.78 is 5.42. The minimum Gasteiger partial charge on any atom is -0.310 e. The molecule has 0 unspecified atom stereocenters. The SMILES string of the molecule is Clc1cccc(Cl)c1SOSc1c(Cl)cccc1Cl.SCCNCc1cnccn1. The van der Waals surface area contributed by atoms with Gasteiger partial charge < -0.3 is 5.32 Å². The fourth-order valence-corrected chi connectivity index (χ4v) is 4.53. The van der Waals surface area contributed by atoms with Crippen LogP contribution in [0.15, 0.2) is 64.8 Å². The molecule has 0 aliphatic rings. The van der Waals surface area contributed by atoms with Gasteiger partial charge in [0.1, 0.15) is 0 Å². The Morgan fingerprint density at radius 2 is 1.40 bits per heavy atom. The van der Waals surface area contributed by atoms with Gasteiger partial charge in [0.25, 0.3) is 0 Å². The van der Waals surface area contributed by atoms with Gasteiger partial charge in [-0.1, -0.05) is 58.5 Å². The summed E-state index contributed by atoms with van der Waals surface area (Å²) in [4.78, 5) is 9.35. The molecule has 160 valence electrons. The number of aromatic nitrogens is 2. The van der Waals surface area contributed by atoms with Crippen LogP contribution in [0.5, 0.6) is 0 Å². The molecular weight excluding hydrogens is 524 g/mol. The van der Waals surface area contributed by atoms with Crippen LogP contribution in [0.2, 0.25) is 20.1 Å². The van der Waals surface area contributed by atoms with Crippen molar-refractivity contribution in [2.45, 2.75) is 16.3 Å². The van der Waals surface area contributed by atoms with Gasteiger partial charge in [-0.25, -0.2) is 3.63 Å². The number of hydrogen-bond donors (Lipinski definition) is 2. The lowest BCUT2D eigenvalue weighted by atomic mass is 10.4. The van der Waals surface area contributed by atoms with Crippen molar-refractivity contribution < 1.29 is 3.63 Å². The van der Waals surface area contributed by atoms with E-state index in [9.17, 15) is 0 Å². The number of hydrogen-bond acceptors (Lipinski definition) is 7. The molecule has 30 heavy (non-hydrogen) atoms. The zero-order valence-electron chi connectivity index (χ0n) is 15.4. The first-order chi connectivity index (χ1) is 14.5. The number of nitrogens with one attached hydrogen (secondary N) is 1. The Morgan fingerprint density at radius 1 is 0.867 bits per heavy atom. The van der Waals surface area contributed by atoms with Crippen molar-refractivity contribution in [2.75, 3.05) is 12.3 Å². The van der Waals surface area contributed by atoms with Gasteiger partial charge >= 0.3 is 0 Å². The number of nitrogens with zero attached hydrogens (tertiary/aromatic N) is 2. The maximum atomic E-state index is 6.03. The average Bonchev–Trinajstić information content (AvgIpc) is 2.74. The van der Waals surface area contributed by atoms with E-state index in [-0.39, 0.29) is 0 Å². The molecule has 0 aliphatic heterocycles. The molecule has 0 amide bonds. The van der Waals surface area contributed by atoms with Crippen LogP contribution in [-0.2, 0) is 10.2 Å². The molecule has 1 heterocycles. The first-order valence-electron chi connectivity index (χ1n) is 8.48. The van der Waals surface area contributed by atoms with Gasteiger partial charge in [0, 0.05) is 61.5 Å². The van der Waals surface area contributed by atoms with Crippen LogP contribution in [0, 0.1) is 0 Å². The third-order valence-corrected chi connectivity index (χ3v) is 6.97. The maximum Gasteiger partial charge on any atom is 0.0738 e. The van der Waals surface area contributed by atoms with Crippen LogP contribution in [0.3, 0.4) is 0 Å². The number of thiol groups is 1.